The van der Waals surface area contributed by atoms with E-state index in [1.807, 2.05) is 6.07 Å². The molecule has 0 saturated heterocycles. The van der Waals surface area contributed by atoms with Gasteiger partial charge in [-0.15, -0.1) is 11.6 Å². The van der Waals surface area contributed by atoms with Gasteiger partial charge in [0, 0.05) is 11.3 Å². The first-order valence-electron chi connectivity index (χ1n) is 4.29. The van der Waals surface area contributed by atoms with Crippen molar-refractivity contribution in [3.05, 3.63) is 29.8 Å². The molecule has 6 heteroatoms. The number of thioether (sulfide) groups is 1. The summed E-state index contributed by atoms with van der Waals surface area (Å²) >= 11 is 5.44. The first-order valence-corrected chi connectivity index (χ1v) is 5.54. The van der Waals surface area contributed by atoms with Gasteiger partial charge in [0.2, 0.25) is 0 Å². The van der Waals surface area contributed by atoms with Crippen LogP contribution in [-0.4, -0.2) is 10.9 Å². The van der Waals surface area contributed by atoms with Crippen molar-refractivity contribution in [2.75, 3.05) is 0 Å². The van der Waals surface area contributed by atoms with Crippen molar-refractivity contribution in [2.24, 2.45) is 0 Å². The minimum Gasteiger partial charge on any atom is -0.197 e. The first kappa shape index (κ1) is 13.2. The Morgan fingerprint density at radius 3 is 2.31 bits per heavy atom. The van der Waals surface area contributed by atoms with E-state index in [4.69, 9.17) is 16.9 Å². The van der Waals surface area contributed by atoms with Crippen molar-refractivity contribution in [1.82, 2.24) is 0 Å². The van der Waals surface area contributed by atoms with E-state index in [-0.39, 0.29) is 16.7 Å². The molecule has 0 N–H and O–H groups in total. The summed E-state index contributed by atoms with van der Waals surface area (Å²) in [4.78, 5) is 0.124. The lowest BCUT2D eigenvalue weighted by molar-refractivity contribution is -0.0328. The van der Waals surface area contributed by atoms with Gasteiger partial charge in [-0.05, 0) is 29.5 Å². The van der Waals surface area contributed by atoms with Crippen LogP contribution >= 0.6 is 23.4 Å². The fourth-order valence-corrected chi connectivity index (χ4v) is 1.80. The molecule has 1 atom stereocenters. The van der Waals surface area contributed by atoms with Crippen LogP contribution in [0.5, 0.6) is 0 Å². The van der Waals surface area contributed by atoms with Gasteiger partial charge < -0.3 is 0 Å². The third-order valence-corrected chi connectivity index (χ3v) is 2.70. The summed E-state index contributed by atoms with van der Waals surface area (Å²) < 4.78 is 36.0. The quantitative estimate of drug-likeness (QED) is 0.610. The van der Waals surface area contributed by atoms with Crippen molar-refractivity contribution in [1.29, 1.82) is 5.26 Å². The molecular formula is C10H7ClF3NS. The molecule has 0 heterocycles. The molecule has 1 aromatic carbocycles. The van der Waals surface area contributed by atoms with E-state index in [9.17, 15) is 13.2 Å². The molecule has 0 bridgehead atoms. The SMILES string of the molecule is N#C[C@H](Cl)Cc1ccc(SC(F)(F)F)cc1. The van der Waals surface area contributed by atoms with Gasteiger partial charge in [0.15, 0.2) is 0 Å². The Balaban J connectivity index is 2.65. The maximum Gasteiger partial charge on any atom is 0.446 e. The monoisotopic (exact) mass is 265 g/mol. The Bertz CT molecular complexity index is 383. The van der Waals surface area contributed by atoms with E-state index >= 15 is 0 Å². The summed E-state index contributed by atoms with van der Waals surface area (Å²) in [6.07, 6.45) is 0.328. The molecule has 1 rings (SSSR count). The summed E-state index contributed by atoms with van der Waals surface area (Å²) in [5, 5.41) is 7.82. The molecule has 0 radical (unpaired) electrons. The number of rotatable bonds is 3. The van der Waals surface area contributed by atoms with Gasteiger partial charge in [-0.2, -0.15) is 18.4 Å². The summed E-state index contributed by atoms with van der Waals surface area (Å²) in [5.74, 6) is 0. The van der Waals surface area contributed by atoms with Crippen molar-refractivity contribution in [3.63, 3.8) is 0 Å². The van der Waals surface area contributed by atoms with Crippen LogP contribution in [0.15, 0.2) is 29.2 Å². The fourth-order valence-electron chi connectivity index (χ4n) is 1.08. The van der Waals surface area contributed by atoms with Crippen LogP contribution in [0.4, 0.5) is 13.2 Å². The largest absolute Gasteiger partial charge is 0.446 e. The Labute approximate surface area is 100 Å². The highest BCUT2D eigenvalue weighted by atomic mass is 35.5. The zero-order chi connectivity index (χ0) is 12.2. The molecule has 0 spiro atoms. The van der Waals surface area contributed by atoms with Gasteiger partial charge in [0.1, 0.15) is 5.38 Å². The zero-order valence-corrected chi connectivity index (χ0v) is 9.53. The van der Waals surface area contributed by atoms with E-state index in [1.165, 1.54) is 12.1 Å². The van der Waals surface area contributed by atoms with Gasteiger partial charge >= 0.3 is 5.51 Å². The Hall–Kier alpha value is -0.860. The Morgan fingerprint density at radius 2 is 1.88 bits per heavy atom. The molecule has 1 aromatic rings. The molecule has 0 fully saturated rings. The van der Waals surface area contributed by atoms with Crippen molar-refractivity contribution >= 4 is 23.4 Å². The minimum absolute atomic E-state index is 0.124. The first-order chi connectivity index (χ1) is 7.40. The van der Waals surface area contributed by atoms with Gasteiger partial charge in [-0.25, -0.2) is 0 Å². The van der Waals surface area contributed by atoms with Crippen LogP contribution in [0.1, 0.15) is 5.56 Å². The van der Waals surface area contributed by atoms with Crippen LogP contribution in [0.3, 0.4) is 0 Å². The predicted molar refractivity (Wildman–Crippen MR) is 57.3 cm³/mol. The van der Waals surface area contributed by atoms with Crippen molar-refractivity contribution in [2.45, 2.75) is 22.2 Å². The normalized spacial score (nSPS) is 13.2. The Kier molecular flexibility index (Phi) is 4.51. The molecule has 0 unspecified atom stereocenters. The number of hydrogen-bond donors (Lipinski definition) is 0. The van der Waals surface area contributed by atoms with Crippen LogP contribution < -0.4 is 0 Å². The minimum atomic E-state index is -4.27. The highest BCUT2D eigenvalue weighted by molar-refractivity contribution is 8.00. The molecule has 1 nitrogen and oxygen atoms in total. The van der Waals surface area contributed by atoms with Crippen molar-refractivity contribution in [3.8, 4) is 6.07 Å². The average Bonchev–Trinajstić information content (AvgIpc) is 2.18. The maximum atomic E-state index is 12.0. The van der Waals surface area contributed by atoms with Gasteiger partial charge in [0.25, 0.3) is 0 Å². The lowest BCUT2D eigenvalue weighted by atomic mass is 10.1. The lowest BCUT2D eigenvalue weighted by Crippen LogP contribution is -2.00. The molecule has 16 heavy (non-hydrogen) atoms. The van der Waals surface area contributed by atoms with E-state index in [0.717, 1.165) is 5.56 Å². The zero-order valence-electron chi connectivity index (χ0n) is 7.96. The highest BCUT2D eigenvalue weighted by Gasteiger charge is 2.28. The van der Waals surface area contributed by atoms with Gasteiger partial charge in [0.05, 0.1) is 6.07 Å². The van der Waals surface area contributed by atoms with Crippen LogP contribution in [0, 0.1) is 11.3 Å². The van der Waals surface area contributed by atoms with Gasteiger partial charge in [-0.3, -0.25) is 0 Å². The van der Waals surface area contributed by atoms with Gasteiger partial charge in [-0.1, -0.05) is 12.1 Å². The molecular weight excluding hydrogens is 259 g/mol. The van der Waals surface area contributed by atoms with Crippen LogP contribution in [0.25, 0.3) is 0 Å². The van der Waals surface area contributed by atoms with Crippen LogP contribution in [-0.2, 0) is 6.42 Å². The molecule has 0 saturated carbocycles. The Morgan fingerprint density at radius 1 is 1.31 bits per heavy atom. The van der Waals surface area contributed by atoms with Crippen molar-refractivity contribution < 1.29 is 13.2 Å². The second-order valence-corrected chi connectivity index (χ2v) is 4.66. The number of nitriles is 1. The molecule has 0 aliphatic rings. The summed E-state index contributed by atoms with van der Waals surface area (Å²) in [5.41, 5.74) is -3.53. The molecule has 0 aromatic heterocycles. The third kappa shape index (κ3) is 4.77. The molecule has 0 aliphatic heterocycles. The van der Waals surface area contributed by atoms with E-state index in [0.29, 0.717) is 6.42 Å². The second-order valence-electron chi connectivity index (χ2n) is 2.99. The summed E-state index contributed by atoms with van der Waals surface area (Å²) in [6.45, 7) is 0. The fraction of sp³-hybridized carbons (Fsp3) is 0.300. The summed E-state index contributed by atoms with van der Waals surface area (Å²) in [7, 11) is 0. The number of alkyl halides is 4. The molecule has 0 aliphatic carbocycles. The number of benzene rings is 1. The van der Waals surface area contributed by atoms with E-state index in [2.05, 4.69) is 0 Å². The van der Waals surface area contributed by atoms with Crippen LogP contribution in [0.2, 0.25) is 0 Å². The smallest absolute Gasteiger partial charge is 0.197 e. The molecule has 0 amide bonds. The highest BCUT2D eigenvalue weighted by Crippen LogP contribution is 2.36. The number of halogens is 4. The van der Waals surface area contributed by atoms with E-state index in [1.54, 1.807) is 12.1 Å². The lowest BCUT2D eigenvalue weighted by Gasteiger charge is -2.06. The van der Waals surface area contributed by atoms with E-state index < -0.39 is 10.9 Å². The predicted octanol–water partition coefficient (Wildman–Crippen LogP) is 3.97. The standard InChI is InChI=1S/C10H7ClF3NS/c11-8(6-15)5-7-1-3-9(4-2-7)16-10(12,13)14/h1-4,8H,5H2/t8-/m1/s1. The number of nitrogens with zero attached hydrogens (tertiary/aromatic N) is 1. The topological polar surface area (TPSA) is 23.8 Å². The second kappa shape index (κ2) is 5.46. The maximum absolute atomic E-state index is 12.0. The summed E-state index contributed by atoms with van der Waals surface area (Å²) in [6, 6.07) is 7.67. The third-order valence-electron chi connectivity index (χ3n) is 1.71. The molecule has 86 valence electrons. The average molecular weight is 266 g/mol. The number of hydrogen-bond acceptors (Lipinski definition) is 2.